The number of nitro benzene ring substituents is 1. The lowest BCUT2D eigenvalue weighted by Crippen LogP contribution is -2.14. The molecular weight excluding hydrogens is 320 g/mol. The van der Waals surface area contributed by atoms with Gasteiger partial charge in [0.05, 0.1) is 15.5 Å². The molecular formula is C15H15ClN4O3. The Bertz CT molecular complexity index is 719. The van der Waals surface area contributed by atoms with E-state index >= 15 is 0 Å². The summed E-state index contributed by atoms with van der Waals surface area (Å²) in [7, 11) is 0. The highest BCUT2D eigenvalue weighted by molar-refractivity contribution is 6.34. The molecule has 0 heterocycles. The Labute approximate surface area is 137 Å². The molecule has 0 radical (unpaired) electrons. The normalized spacial score (nSPS) is 10.2. The van der Waals surface area contributed by atoms with Gasteiger partial charge in [-0.05, 0) is 30.3 Å². The summed E-state index contributed by atoms with van der Waals surface area (Å²) in [4.78, 5) is 22.4. The van der Waals surface area contributed by atoms with Gasteiger partial charge in [0, 0.05) is 36.6 Å². The van der Waals surface area contributed by atoms with Crippen LogP contribution in [0.5, 0.6) is 0 Å². The third-order valence-corrected chi connectivity index (χ3v) is 3.35. The summed E-state index contributed by atoms with van der Waals surface area (Å²) in [6.07, 6.45) is 0. The topological polar surface area (TPSA) is 110 Å². The Hall–Kier alpha value is -2.64. The number of carbonyl (C=O) groups is 1. The van der Waals surface area contributed by atoms with Crippen LogP contribution in [0, 0.1) is 10.1 Å². The molecule has 2 aromatic carbocycles. The van der Waals surface area contributed by atoms with Gasteiger partial charge in [0.15, 0.2) is 0 Å². The van der Waals surface area contributed by atoms with Gasteiger partial charge in [0.25, 0.3) is 11.6 Å². The van der Waals surface area contributed by atoms with E-state index in [-0.39, 0.29) is 16.3 Å². The number of non-ortho nitro benzene ring substituents is 1. The van der Waals surface area contributed by atoms with Gasteiger partial charge in [-0.15, -0.1) is 0 Å². The molecule has 0 aromatic heterocycles. The second kappa shape index (κ2) is 7.57. The third kappa shape index (κ3) is 4.41. The number of nitrogens with one attached hydrogen (secondary N) is 2. The van der Waals surface area contributed by atoms with Gasteiger partial charge in [0.2, 0.25) is 0 Å². The fourth-order valence-electron chi connectivity index (χ4n) is 1.89. The Morgan fingerprint density at radius 3 is 2.43 bits per heavy atom. The van der Waals surface area contributed by atoms with E-state index in [1.54, 1.807) is 24.3 Å². The summed E-state index contributed by atoms with van der Waals surface area (Å²) in [5.41, 5.74) is 6.69. The van der Waals surface area contributed by atoms with Crippen LogP contribution in [-0.2, 0) is 0 Å². The molecule has 4 N–H and O–H groups in total. The quantitative estimate of drug-likeness (QED) is 0.555. The summed E-state index contributed by atoms with van der Waals surface area (Å²) in [6, 6.07) is 10.7. The van der Waals surface area contributed by atoms with Crippen LogP contribution in [0.1, 0.15) is 10.4 Å². The maximum atomic E-state index is 12.2. The van der Waals surface area contributed by atoms with Crippen molar-refractivity contribution in [2.24, 2.45) is 5.73 Å². The predicted molar refractivity (Wildman–Crippen MR) is 90.0 cm³/mol. The SMILES string of the molecule is NCCNc1ccc(NC(=O)c2cc([N+](=O)[O-])ccc2Cl)cc1. The summed E-state index contributed by atoms with van der Waals surface area (Å²) in [5.74, 6) is -0.513. The second-order valence-electron chi connectivity index (χ2n) is 4.67. The molecule has 0 aliphatic heterocycles. The van der Waals surface area contributed by atoms with Crippen LogP contribution in [0.3, 0.4) is 0 Å². The highest BCUT2D eigenvalue weighted by Crippen LogP contribution is 2.23. The molecule has 0 bridgehead atoms. The first-order chi connectivity index (χ1) is 11.0. The maximum Gasteiger partial charge on any atom is 0.270 e. The van der Waals surface area contributed by atoms with E-state index in [1.165, 1.54) is 12.1 Å². The van der Waals surface area contributed by atoms with Gasteiger partial charge in [-0.2, -0.15) is 0 Å². The van der Waals surface area contributed by atoms with Crippen LogP contribution in [0.4, 0.5) is 17.1 Å². The Morgan fingerprint density at radius 2 is 1.83 bits per heavy atom. The van der Waals surface area contributed by atoms with E-state index in [1.807, 2.05) is 0 Å². The Balaban J connectivity index is 2.12. The van der Waals surface area contributed by atoms with Crippen LogP contribution in [0.25, 0.3) is 0 Å². The minimum Gasteiger partial charge on any atom is -0.384 e. The van der Waals surface area contributed by atoms with Crippen molar-refractivity contribution in [1.82, 2.24) is 0 Å². The molecule has 7 nitrogen and oxygen atoms in total. The minimum atomic E-state index is -0.578. The van der Waals surface area contributed by atoms with Gasteiger partial charge in [-0.3, -0.25) is 14.9 Å². The molecule has 8 heteroatoms. The van der Waals surface area contributed by atoms with Crippen molar-refractivity contribution in [2.75, 3.05) is 23.7 Å². The van der Waals surface area contributed by atoms with Crippen molar-refractivity contribution in [3.8, 4) is 0 Å². The van der Waals surface area contributed by atoms with E-state index in [0.717, 1.165) is 11.8 Å². The van der Waals surface area contributed by atoms with E-state index in [0.29, 0.717) is 18.8 Å². The van der Waals surface area contributed by atoms with Gasteiger partial charge in [-0.25, -0.2) is 0 Å². The van der Waals surface area contributed by atoms with Gasteiger partial charge < -0.3 is 16.4 Å². The number of rotatable bonds is 6. The van der Waals surface area contributed by atoms with Crippen molar-refractivity contribution in [3.05, 3.63) is 63.2 Å². The van der Waals surface area contributed by atoms with E-state index < -0.39 is 10.8 Å². The molecule has 0 saturated heterocycles. The summed E-state index contributed by atoms with van der Waals surface area (Å²) in [5, 5.41) is 16.7. The number of carbonyl (C=O) groups excluding carboxylic acids is 1. The molecule has 0 aliphatic rings. The number of amides is 1. The predicted octanol–water partition coefficient (Wildman–Crippen LogP) is 2.87. The number of hydrogen-bond donors (Lipinski definition) is 3. The van der Waals surface area contributed by atoms with Crippen LogP contribution < -0.4 is 16.4 Å². The van der Waals surface area contributed by atoms with E-state index in [9.17, 15) is 14.9 Å². The number of halogens is 1. The Kier molecular flexibility index (Phi) is 5.51. The number of benzene rings is 2. The van der Waals surface area contributed by atoms with Crippen molar-refractivity contribution < 1.29 is 9.72 Å². The fourth-order valence-corrected chi connectivity index (χ4v) is 2.09. The zero-order valence-electron chi connectivity index (χ0n) is 12.1. The van der Waals surface area contributed by atoms with Crippen molar-refractivity contribution >= 4 is 34.6 Å². The third-order valence-electron chi connectivity index (χ3n) is 3.02. The number of anilines is 2. The average molecular weight is 335 g/mol. The fraction of sp³-hybridized carbons (Fsp3) is 0.133. The summed E-state index contributed by atoms with van der Waals surface area (Å²) >= 11 is 5.94. The molecule has 2 rings (SSSR count). The minimum absolute atomic E-state index is 0.0474. The number of nitrogens with two attached hydrogens (primary N) is 1. The highest BCUT2D eigenvalue weighted by atomic mass is 35.5. The molecule has 0 fully saturated rings. The largest absolute Gasteiger partial charge is 0.384 e. The molecule has 2 aromatic rings. The average Bonchev–Trinajstić information content (AvgIpc) is 2.54. The van der Waals surface area contributed by atoms with Gasteiger partial charge in [-0.1, -0.05) is 11.6 Å². The van der Waals surface area contributed by atoms with Gasteiger partial charge in [0.1, 0.15) is 0 Å². The van der Waals surface area contributed by atoms with Crippen molar-refractivity contribution in [1.29, 1.82) is 0 Å². The molecule has 0 saturated carbocycles. The molecule has 120 valence electrons. The Morgan fingerprint density at radius 1 is 1.17 bits per heavy atom. The lowest BCUT2D eigenvalue weighted by Gasteiger charge is -2.09. The standard InChI is InChI=1S/C15H15ClN4O3/c16-14-6-5-12(20(22)23)9-13(14)15(21)19-11-3-1-10(2-4-11)18-8-7-17/h1-6,9,18H,7-8,17H2,(H,19,21). The second-order valence-corrected chi connectivity index (χ2v) is 5.08. The van der Waals surface area contributed by atoms with Gasteiger partial charge >= 0.3 is 0 Å². The van der Waals surface area contributed by atoms with E-state index in [2.05, 4.69) is 10.6 Å². The molecule has 0 spiro atoms. The molecule has 1 amide bonds. The van der Waals surface area contributed by atoms with Crippen LogP contribution in [-0.4, -0.2) is 23.9 Å². The summed E-state index contributed by atoms with van der Waals surface area (Å²) < 4.78 is 0. The van der Waals surface area contributed by atoms with Crippen LogP contribution in [0.15, 0.2) is 42.5 Å². The van der Waals surface area contributed by atoms with Crippen molar-refractivity contribution in [3.63, 3.8) is 0 Å². The monoisotopic (exact) mass is 334 g/mol. The number of nitrogens with zero attached hydrogens (tertiary/aromatic N) is 1. The summed E-state index contributed by atoms with van der Waals surface area (Å²) in [6.45, 7) is 1.17. The lowest BCUT2D eigenvalue weighted by molar-refractivity contribution is -0.384. The van der Waals surface area contributed by atoms with Crippen LogP contribution >= 0.6 is 11.6 Å². The first-order valence-corrected chi connectivity index (χ1v) is 7.18. The number of nitro groups is 1. The first-order valence-electron chi connectivity index (χ1n) is 6.80. The number of hydrogen-bond acceptors (Lipinski definition) is 5. The molecule has 23 heavy (non-hydrogen) atoms. The molecule has 0 unspecified atom stereocenters. The smallest absolute Gasteiger partial charge is 0.270 e. The van der Waals surface area contributed by atoms with Crippen molar-refractivity contribution in [2.45, 2.75) is 0 Å². The first kappa shape index (κ1) is 16.7. The lowest BCUT2D eigenvalue weighted by atomic mass is 10.1. The molecule has 0 aliphatic carbocycles. The van der Waals surface area contributed by atoms with Crippen LogP contribution in [0.2, 0.25) is 5.02 Å². The maximum absolute atomic E-state index is 12.2. The zero-order valence-corrected chi connectivity index (χ0v) is 12.8. The zero-order chi connectivity index (χ0) is 16.8. The highest BCUT2D eigenvalue weighted by Gasteiger charge is 2.16. The molecule has 0 atom stereocenters. The van der Waals surface area contributed by atoms with E-state index in [4.69, 9.17) is 17.3 Å².